The van der Waals surface area contributed by atoms with E-state index in [2.05, 4.69) is 9.62 Å². The molecular weight excluding hydrogens is 390 g/mol. The maximum atomic E-state index is 12.8. The van der Waals surface area contributed by atoms with Gasteiger partial charge in [0.15, 0.2) is 0 Å². The number of hydrogen-bond donors (Lipinski definition) is 1. The zero-order chi connectivity index (χ0) is 20.9. The third-order valence-corrected chi connectivity index (χ3v) is 6.38. The van der Waals surface area contributed by atoms with Crippen molar-refractivity contribution in [3.63, 3.8) is 0 Å². The lowest BCUT2D eigenvalue weighted by Crippen LogP contribution is -2.48. The molecule has 7 nitrogen and oxygen atoms in total. The summed E-state index contributed by atoms with van der Waals surface area (Å²) in [5, 5.41) is 0. The average Bonchev–Trinajstić information content (AvgIpc) is 2.74. The highest BCUT2D eigenvalue weighted by molar-refractivity contribution is 7.89. The van der Waals surface area contributed by atoms with Crippen molar-refractivity contribution in [2.75, 3.05) is 44.2 Å². The number of piperazine rings is 1. The van der Waals surface area contributed by atoms with Crippen molar-refractivity contribution in [2.45, 2.75) is 18.7 Å². The number of nitrogens with zero attached hydrogens (tertiary/aromatic N) is 2. The first kappa shape index (κ1) is 21.1. The molecule has 1 aliphatic heterocycles. The molecule has 0 aliphatic carbocycles. The number of anilines is 1. The maximum Gasteiger partial charge on any atom is 0.253 e. The first-order valence-corrected chi connectivity index (χ1v) is 11.3. The molecule has 0 atom stereocenters. The Hall–Kier alpha value is -2.58. The van der Waals surface area contributed by atoms with E-state index in [9.17, 15) is 13.2 Å². The molecule has 0 saturated carbocycles. The second kappa shape index (κ2) is 9.28. The van der Waals surface area contributed by atoms with Gasteiger partial charge in [0.1, 0.15) is 5.75 Å². The van der Waals surface area contributed by atoms with Crippen LogP contribution in [0.15, 0.2) is 53.4 Å². The smallest absolute Gasteiger partial charge is 0.253 e. The monoisotopic (exact) mass is 417 g/mol. The van der Waals surface area contributed by atoms with E-state index in [0.717, 1.165) is 11.4 Å². The molecule has 29 heavy (non-hydrogen) atoms. The molecule has 1 aliphatic rings. The van der Waals surface area contributed by atoms with E-state index in [4.69, 9.17) is 4.74 Å². The third kappa shape index (κ3) is 4.89. The Morgan fingerprint density at radius 2 is 1.66 bits per heavy atom. The minimum atomic E-state index is -3.52. The van der Waals surface area contributed by atoms with Gasteiger partial charge < -0.3 is 14.5 Å². The number of para-hydroxylation sites is 2. The minimum absolute atomic E-state index is 0.0878. The number of hydrogen-bond acceptors (Lipinski definition) is 5. The molecule has 0 spiro atoms. The highest BCUT2D eigenvalue weighted by Crippen LogP contribution is 2.29. The van der Waals surface area contributed by atoms with Crippen LogP contribution in [0.3, 0.4) is 0 Å². The van der Waals surface area contributed by atoms with Gasteiger partial charge in [-0.2, -0.15) is 0 Å². The molecule has 156 valence electrons. The van der Waals surface area contributed by atoms with Gasteiger partial charge in [0.25, 0.3) is 5.91 Å². The molecule has 0 aromatic heterocycles. The molecule has 0 unspecified atom stereocenters. The number of nitrogens with one attached hydrogen (secondary N) is 1. The van der Waals surface area contributed by atoms with E-state index in [1.165, 1.54) is 12.1 Å². The second-order valence-electron chi connectivity index (χ2n) is 6.71. The highest BCUT2D eigenvalue weighted by Gasteiger charge is 2.24. The normalized spacial score (nSPS) is 14.7. The topological polar surface area (TPSA) is 79.0 Å². The van der Waals surface area contributed by atoms with Gasteiger partial charge in [0, 0.05) is 38.3 Å². The van der Waals surface area contributed by atoms with Gasteiger partial charge in [-0.3, -0.25) is 4.79 Å². The van der Waals surface area contributed by atoms with Crippen molar-refractivity contribution in [1.82, 2.24) is 9.62 Å². The molecule has 1 fully saturated rings. The summed E-state index contributed by atoms with van der Waals surface area (Å²) in [6.07, 6.45) is 0. The summed E-state index contributed by atoms with van der Waals surface area (Å²) < 4.78 is 32.2. The fourth-order valence-corrected chi connectivity index (χ4v) is 4.42. The molecule has 3 rings (SSSR count). The minimum Gasteiger partial charge on any atom is -0.492 e. The molecule has 1 heterocycles. The van der Waals surface area contributed by atoms with Gasteiger partial charge in [-0.05, 0) is 43.3 Å². The first-order valence-electron chi connectivity index (χ1n) is 9.82. The van der Waals surface area contributed by atoms with Gasteiger partial charge in [-0.25, -0.2) is 13.1 Å². The third-order valence-electron chi connectivity index (χ3n) is 4.82. The van der Waals surface area contributed by atoms with Gasteiger partial charge in [-0.15, -0.1) is 0 Å². The second-order valence-corrected chi connectivity index (χ2v) is 8.47. The summed E-state index contributed by atoms with van der Waals surface area (Å²) in [5.41, 5.74) is 1.53. The summed E-state index contributed by atoms with van der Waals surface area (Å²) in [7, 11) is -3.52. The van der Waals surface area contributed by atoms with Crippen LogP contribution in [0.4, 0.5) is 5.69 Å². The molecular formula is C21H27N3O4S. The van der Waals surface area contributed by atoms with E-state index in [-0.39, 0.29) is 10.8 Å². The molecule has 1 saturated heterocycles. The van der Waals surface area contributed by atoms with Crippen molar-refractivity contribution in [3.8, 4) is 5.75 Å². The van der Waals surface area contributed by atoms with Crippen LogP contribution in [-0.4, -0.2) is 58.6 Å². The van der Waals surface area contributed by atoms with Crippen LogP contribution >= 0.6 is 0 Å². The Kier molecular flexibility index (Phi) is 6.76. The van der Waals surface area contributed by atoms with Crippen molar-refractivity contribution in [2.24, 2.45) is 0 Å². The van der Waals surface area contributed by atoms with E-state index in [0.29, 0.717) is 44.9 Å². The van der Waals surface area contributed by atoms with E-state index in [1.54, 1.807) is 24.0 Å². The summed E-state index contributed by atoms with van der Waals surface area (Å²) in [5.74, 6) is 0.766. The van der Waals surface area contributed by atoms with Crippen molar-refractivity contribution in [3.05, 3.63) is 54.1 Å². The zero-order valence-electron chi connectivity index (χ0n) is 16.8. The quantitative estimate of drug-likeness (QED) is 0.748. The first-order chi connectivity index (χ1) is 14.0. The number of benzene rings is 2. The average molecular weight is 418 g/mol. The van der Waals surface area contributed by atoms with Crippen LogP contribution < -0.4 is 14.4 Å². The lowest BCUT2D eigenvalue weighted by atomic mass is 10.1. The summed E-state index contributed by atoms with van der Waals surface area (Å²) >= 11 is 0. The van der Waals surface area contributed by atoms with E-state index >= 15 is 0 Å². The SMILES string of the molecule is CCNS(=O)(=O)c1ccc(C(=O)N2CCN(c3ccccc3OCC)CC2)cc1. The lowest BCUT2D eigenvalue weighted by molar-refractivity contribution is 0.0746. The van der Waals surface area contributed by atoms with Crippen LogP contribution in [0.5, 0.6) is 5.75 Å². The lowest BCUT2D eigenvalue weighted by Gasteiger charge is -2.36. The van der Waals surface area contributed by atoms with Gasteiger partial charge in [-0.1, -0.05) is 19.1 Å². The largest absolute Gasteiger partial charge is 0.492 e. The fourth-order valence-electron chi connectivity index (χ4n) is 3.38. The Balaban J connectivity index is 1.65. The van der Waals surface area contributed by atoms with E-state index in [1.807, 2.05) is 31.2 Å². The van der Waals surface area contributed by atoms with Gasteiger partial charge >= 0.3 is 0 Å². The maximum absolute atomic E-state index is 12.8. The van der Waals surface area contributed by atoms with Crippen molar-refractivity contribution >= 4 is 21.6 Å². The van der Waals surface area contributed by atoms with Crippen LogP contribution in [0, 0.1) is 0 Å². The number of amides is 1. The summed E-state index contributed by atoms with van der Waals surface area (Å²) in [4.78, 5) is 17.0. The predicted molar refractivity (Wildman–Crippen MR) is 113 cm³/mol. The Labute approximate surface area is 172 Å². The van der Waals surface area contributed by atoms with Gasteiger partial charge in [0.2, 0.25) is 10.0 Å². The predicted octanol–water partition coefficient (Wildman–Crippen LogP) is 2.35. The Morgan fingerprint density at radius 1 is 1.00 bits per heavy atom. The molecule has 0 radical (unpaired) electrons. The molecule has 2 aromatic carbocycles. The highest BCUT2D eigenvalue weighted by atomic mass is 32.2. The van der Waals surface area contributed by atoms with Crippen molar-refractivity contribution < 1.29 is 17.9 Å². The molecule has 1 N–H and O–H groups in total. The van der Waals surface area contributed by atoms with Crippen LogP contribution in [0.2, 0.25) is 0 Å². The zero-order valence-corrected chi connectivity index (χ0v) is 17.6. The summed E-state index contributed by atoms with van der Waals surface area (Å²) in [6.45, 7) is 7.22. The van der Waals surface area contributed by atoms with Gasteiger partial charge in [0.05, 0.1) is 17.2 Å². The molecule has 1 amide bonds. The molecule has 0 bridgehead atoms. The van der Waals surface area contributed by atoms with Crippen molar-refractivity contribution in [1.29, 1.82) is 0 Å². The summed E-state index contributed by atoms with van der Waals surface area (Å²) in [6, 6.07) is 14.0. The number of sulfonamides is 1. The van der Waals surface area contributed by atoms with Crippen LogP contribution in [0.25, 0.3) is 0 Å². The number of carbonyl (C=O) groups excluding carboxylic acids is 1. The number of ether oxygens (including phenoxy) is 1. The van der Waals surface area contributed by atoms with Crippen LogP contribution in [-0.2, 0) is 10.0 Å². The molecule has 8 heteroatoms. The fraction of sp³-hybridized carbons (Fsp3) is 0.381. The standard InChI is InChI=1S/C21H27N3O4S/c1-3-22-29(26,27)18-11-9-17(10-12-18)21(25)24-15-13-23(14-16-24)19-7-5-6-8-20(19)28-4-2/h5-12,22H,3-4,13-16H2,1-2H3. The molecule has 2 aromatic rings. The number of carbonyl (C=O) groups is 1. The van der Waals surface area contributed by atoms with Crippen LogP contribution in [0.1, 0.15) is 24.2 Å². The van der Waals surface area contributed by atoms with E-state index < -0.39 is 10.0 Å². The Morgan fingerprint density at radius 3 is 2.28 bits per heavy atom. The Bertz CT molecular complexity index is 937. The number of rotatable bonds is 7.